The highest BCUT2D eigenvalue weighted by molar-refractivity contribution is 6.46. The summed E-state index contributed by atoms with van der Waals surface area (Å²) in [6.07, 6.45) is 0. The molecular formula is C21H19Cl2NO5. The molecule has 1 aliphatic rings. The van der Waals surface area contributed by atoms with Crippen LogP contribution in [0.3, 0.4) is 0 Å². The first kappa shape index (κ1) is 21.2. The molecule has 1 aliphatic heterocycles. The summed E-state index contributed by atoms with van der Waals surface area (Å²) >= 11 is 12.2. The van der Waals surface area contributed by atoms with Gasteiger partial charge in [0.2, 0.25) is 0 Å². The zero-order valence-electron chi connectivity index (χ0n) is 15.8. The number of hydrogen-bond acceptors (Lipinski definition) is 5. The van der Waals surface area contributed by atoms with Crippen molar-refractivity contribution in [2.45, 2.75) is 6.04 Å². The molecule has 2 aromatic carbocycles. The minimum absolute atomic E-state index is 0.0188. The third kappa shape index (κ3) is 4.10. The quantitative estimate of drug-likeness (QED) is 0.420. The van der Waals surface area contributed by atoms with Gasteiger partial charge in [-0.05, 0) is 42.0 Å². The van der Waals surface area contributed by atoms with Crippen LogP contribution >= 0.6 is 23.2 Å². The van der Waals surface area contributed by atoms with Gasteiger partial charge < -0.3 is 19.5 Å². The van der Waals surface area contributed by atoms with Crippen molar-refractivity contribution in [1.82, 2.24) is 4.90 Å². The Labute approximate surface area is 178 Å². The van der Waals surface area contributed by atoms with E-state index < -0.39 is 17.7 Å². The van der Waals surface area contributed by atoms with Crippen molar-refractivity contribution < 1.29 is 24.2 Å². The summed E-state index contributed by atoms with van der Waals surface area (Å²) in [7, 11) is 3.03. The SMILES string of the molecule is COCCN1C(=O)C(=O)C(=C(O)c2ccc(OC)cc2)C1c1ccc(Cl)c(Cl)c1. The Hall–Kier alpha value is -2.54. The Morgan fingerprint density at radius 2 is 1.76 bits per heavy atom. The maximum absolute atomic E-state index is 12.8. The van der Waals surface area contributed by atoms with Crippen LogP contribution in [0.25, 0.3) is 5.76 Å². The molecule has 1 fully saturated rings. The lowest BCUT2D eigenvalue weighted by molar-refractivity contribution is -0.140. The number of hydrogen-bond donors (Lipinski definition) is 1. The number of amides is 1. The summed E-state index contributed by atoms with van der Waals surface area (Å²) < 4.78 is 10.2. The Bertz CT molecular complexity index is 972. The third-order valence-electron chi connectivity index (χ3n) is 4.70. The van der Waals surface area contributed by atoms with Crippen LogP contribution < -0.4 is 4.74 Å². The maximum Gasteiger partial charge on any atom is 0.295 e. The number of nitrogens with zero attached hydrogens (tertiary/aromatic N) is 1. The predicted octanol–water partition coefficient (Wildman–Crippen LogP) is 4.07. The number of carbonyl (C=O) groups excluding carboxylic acids is 2. The Morgan fingerprint density at radius 3 is 2.34 bits per heavy atom. The van der Waals surface area contributed by atoms with E-state index in [1.807, 2.05) is 0 Å². The van der Waals surface area contributed by atoms with Crippen LogP contribution in [0.5, 0.6) is 5.75 Å². The number of carbonyl (C=O) groups is 2. The van der Waals surface area contributed by atoms with Gasteiger partial charge >= 0.3 is 0 Å². The number of rotatable bonds is 6. The van der Waals surface area contributed by atoms with E-state index in [0.717, 1.165) is 0 Å². The van der Waals surface area contributed by atoms with Crippen molar-refractivity contribution in [3.63, 3.8) is 0 Å². The van der Waals surface area contributed by atoms with E-state index in [1.54, 1.807) is 42.5 Å². The first-order chi connectivity index (χ1) is 13.9. The van der Waals surface area contributed by atoms with Crippen molar-refractivity contribution in [2.24, 2.45) is 0 Å². The molecule has 1 saturated heterocycles. The van der Waals surface area contributed by atoms with Crippen molar-refractivity contribution in [2.75, 3.05) is 27.4 Å². The standard InChI is InChI=1S/C21H19Cl2NO5/c1-28-10-9-24-18(13-5-8-15(22)16(23)11-13)17(20(26)21(24)27)19(25)12-3-6-14(29-2)7-4-12/h3-8,11,18,25H,9-10H2,1-2H3. The van der Waals surface area contributed by atoms with Gasteiger partial charge in [-0.2, -0.15) is 0 Å². The Kier molecular flexibility index (Phi) is 6.47. The first-order valence-electron chi connectivity index (χ1n) is 8.75. The van der Waals surface area contributed by atoms with Gasteiger partial charge in [0.05, 0.1) is 35.4 Å². The summed E-state index contributed by atoms with van der Waals surface area (Å²) in [5, 5.41) is 11.5. The number of ether oxygens (including phenoxy) is 2. The van der Waals surface area contributed by atoms with Crippen molar-refractivity contribution in [1.29, 1.82) is 0 Å². The van der Waals surface area contributed by atoms with Gasteiger partial charge in [-0.15, -0.1) is 0 Å². The predicted molar refractivity (Wildman–Crippen MR) is 110 cm³/mol. The lowest BCUT2D eigenvalue weighted by atomic mass is 9.95. The fourth-order valence-corrected chi connectivity index (χ4v) is 3.54. The first-order valence-corrected chi connectivity index (χ1v) is 9.51. The molecule has 0 aliphatic carbocycles. The van der Waals surface area contributed by atoms with E-state index in [-0.39, 0.29) is 29.5 Å². The summed E-state index contributed by atoms with van der Waals surface area (Å²) in [4.78, 5) is 26.9. The fourth-order valence-electron chi connectivity index (χ4n) is 3.23. The van der Waals surface area contributed by atoms with Crippen LogP contribution in [0, 0.1) is 0 Å². The van der Waals surface area contributed by atoms with E-state index in [0.29, 0.717) is 21.9 Å². The minimum Gasteiger partial charge on any atom is -0.507 e. The molecule has 152 valence electrons. The summed E-state index contributed by atoms with van der Waals surface area (Å²) in [5.41, 5.74) is 0.931. The van der Waals surface area contributed by atoms with E-state index >= 15 is 0 Å². The largest absolute Gasteiger partial charge is 0.507 e. The molecule has 0 aromatic heterocycles. The highest BCUT2D eigenvalue weighted by Gasteiger charge is 2.46. The van der Waals surface area contributed by atoms with Gasteiger partial charge in [0.1, 0.15) is 11.5 Å². The smallest absolute Gasteiger partial charge is 0.295 e. The Morgan fingerprint density at radius 1 is 1.07 bits per heavy atom. The summed E-state index contributed by atoms with van der Waals surface area (Å²) in [6.45, 7) is 0.402. The van der Waals surface area contributed by atoms with Gasteiger partial charge in [0.25, 0.3) is 11.7 Å². The van der Waals surface area contributed by atoms with Crippen LogP contribution in [-0.4, -0.2) is 49.1 Å². The Balaban J connectivity index is 2.15. The second-order valence-corrected chi connectivity index (χ2v) is 7.20. The molecular weight excluding hydrogens is 417 g/mol. The number of benzene rings is 2. The van der Waals surface area contributed by atoms with Crippen LogP contribution in [-0.2, 0) is 14.3 Å². The molecule has 0 saturated carbocycles. The molecule has 0 spiro atoms. The fraction of sp³-hybridized carbons (Fsp3) is 0.238. The monoisotopic (exact) mass is 435 g/mol. The lowest BCUT2D eigenvalue weighted by Gasteiger charge is -2.25. The van der Waals surface area contributed by atoms with Crippen molar-refractivity contribution in [3.8, 4) is 5.75 Å². The van der Waals surface area contributed by atoms with Gasteiger partial charge in [-0.1, -0.05) is 29.3 Å². The third-order valence-corrected chi connectivity index (χ3v) is 5.44. The molecule has 1 atom stereocenters. The second-order valence-electron chi connectivity index (χ2n) is 6.39. The number of Topliss-reactive ketones (excluding diaryl/α,β-unsaturated/α-hetero) is 1. The van der Waals surface area contributed by atoms with Crippen LogP contribution in [0.2, 0.25) is 10.0 Å². The van der Waals surface area contributed by atoms with E-state index in [2.05, 4.69) is 0 Å². The molecule has 6 nitrogen and oxygen atoms in total. The second kappa shape index (κ2) is 8.86. The number of aliphatic hydroxyl groups is 1. The number of halogens is 2. The average Bonchev–Trinajstić information content (AvgIpc) is 2.98. The molecule has 1 amide bonds. The van der Waals surface area contributed by atoms with E-state index in [4.69, 9.17) is 32.7 Å². The number of aliphatic hydroxyl groups excluding tert-OH is 1. The topological polar surface area (TPSA) is 76.1 Å². The zero-order chi connectivity index (χ0) is 21.1. The molecule has 1 heterocycles. The highest BCUT2D eigenvalue weighted by Crippen LogP contribution is 2.40. The summed E-state index contributed by atoms with van der Waals surface area (Å²) in [6, 6.07) is 10.6. The van der Waals surface area contributed by atoms with Gasteiger partial charge in [-0.3, -0.25) is 9.59 Å². The average molecular weight is 436 g/mol. The van der Waals surface area contributed by atoms with Gasteiger partial charge in [-0.25, -0.2) is 0 Å². The van der Waals surface area contributed by atoms with Crippen LogP contribution in [0.4, 0.5) is 0 Å². The molecule has 0 radical (unpaired) electrons. The maximum atomic E-state index is 12.8. The highest BCUT2D eigenvalue weighted by atomic mass is 35.5. The molecule has 8 heteroatoms. The molecule has 29 heavy (non-hydrogen) atoms. The minimum atomic E-state index is -0.818. The van der Waals surface area contributed by atoms with Crippen molar-refractivity contribution >= 4 is 40.7 Å². The molecule has 0 bridgehead atoms. The van der Waals surface area contributed by atoms with E-state index in [9.17, 15) is 14.7 Å². The van der Waals surface area contributed by atoms with E-state index in [1.165, 1.54) is 19.1 Å². The molecule has 2 aromatic rings. The number of methoxy groups -OCH3 is 2. The van der Waals surface area contributed by atoms with Crippen LogP contribution in [0.1, 0.15) is 17.2 Å². The molecule has 3 rings (SSSR count). The molecule has 1 N–H and O–H groups in total. The van der Waals surface area contributed by atoms with Gasteiger partial charge in [0, 0.05) is 19.2 Å². The van der Waals surface area contributed by atoms with Crippen LogP contribution in [0.15, 0.2) is 48.0 Å². The number of likely N-dealkylation sites (tertiary alicyclic amines) is 1. The lowest BCUT2D eigenvalue weighted by Crippen LogP contribution is -2.32. The van der Waals surface area contributed by atoms with Gasteiger partial charge in [0.15, 0.2) is 0 Å². The summed E-state index contributed by atoms with van der Waals surface area (Å²) in [5.74, 6) is -1.16. The molecule has 1 unspecified atom stereocenters. The van der Waals surface area contributed by atoms with Crippen molar-refractivity contribution in [3.05, 3.63) is 69.2 Å². The number of ketones is 1. The normalized spacial score (nSPS) is 18.3. The zero-order valence-corrected chi connectivity index (χ0v) is 17.3.